The molecule has 0 saturated carbocycles. The maximum Gasteiger partial charge on any atom is 0.292 e. The zero-order valence-corrected chi connectivity index (χ0v) is 17.7. The maximum absolute atomic E-state index is 12.7. The minimum Gasteiger partial charge on any atom is -0.378 e. The van der Waals surface area contributed by atoms with Crippen LogP contribution in [0.4, 0.5) is 5.69 Å². The molecule has 31 heavy (non-hydrogen) atoms. The molecule has 0 radical (unpaired) electrons. The van der Waals surface area contributed by atoms with E-state index in [1.807, 2.05) is 62.3 Å². The Hall–Kier alpha value is -4.25. The molecule has 0 bridgehead atoms. The van der Waals surface area contributed by atoms with Crippen LogP contribution >= 0.6 is 0 Å². The molecule has 1 heterocycles. The second-order valence-corrected chi connectivity index (χ2v) is 7.20. The van der Waals surface area contributed by atoms with E-state index >= 15 is 0 Å². The van der Waals surface area contributed by atoms with Crippen molar-refractivity contribution in [1.29, 1.82) is 5.26 Å². The Morgan fingerprint density at radius 1 is 1.19 bits per heavy atom. The van der Waals surface area contributed by atoms with Gasteiger partial charge in [0.2, 0.25) is 0 Å². The second kappa shape index (κ2) is 9.05. The first-order valence-electron chi connectivity index (χ1n) is 9.53. The highest BCUT2D eigenvalue weighted by molar-refractivity contribution is 5.94. The number of amides is 1. The highest BCUT2D eigenvalue weighted by Gasteiger charge is 2.20. The predicted octanol–water partition coefficient (Wildman–Crippen LogP) is 2.55. The van der Waals surface area contributed by atoms with Gasteiger partial charge in [-0.15, -0.1) is 0 Å². The van der Waals surface area contributed by atoms with E-state index in [1.165, 1.54) is 13.1 Å². The minimum absolute atomic E-state index is 0.0437. The summed E-state index contributed by atoms with van der Waals surface area (Å²) in [5.41, 5.74) is 5.11. The summed E-state index contributed by atoms with van der Waals surface area (Å²) in [6.45, 7) is 3.40. The highest BCUT2D eigenvalue weighted by Crippen LogP contribution is 2.13. The van der Waals surface area contributed by atoms with Crippen molar-refractivity contribution in [2.75, 3.05) is 19.0 Å². The van der Waals surface area contributed by atoms with E-state index in [0.29, 0.717) is 5.69 Å². The first kappa shape index (κ1) is 21.5. The number of hydrazone groups is 1. The first-order chi connectivity index (χ1) is 14.8. The normalized spacial score (nSPS) is 10.7. The van der Waals surface area contributed by atoms with Gasteiger partial charge in [0.05, 0.1) is 11.9 Å². The number of nitriles is 1. The SMILES string of the molecule is Cc1cccc(-n2nc(C(=O)N/N=C/c3ccc(N(C)C)cc3)c(C)c(C#N)c2=O)c1. The summed E-state index contributed by atoms with van der Waals surface area (Å²) in [7, 11) is 3.90. The van der Waals surface area contributed by atoms with Crippen LogP contribution in [0.5, 0.6) is 0 Å². The summed E-state index contributed by atoms with van der Waals surface area (Å²) in [6.07, 6.45) is 1.51. The quantitative estimate of drug-likeness (QED) is 0.510. The molecule has 0 spiro atoms. The molecule has 1 N–H and O–H groups in total. The van der Waals surface area contributed by atoms with Crippen LogP contribution in [0.1, 0.15) is 32.7 Å². The molecule has 0 atom stereocenters. The molecule has 0 saturated heterocycles. The molecule has 0 aliphatic rings. The molecule has 0 aliphatic heterocycles. The van der Waals surface area contributed by atoms with Crippen LogP contribution in [0.3, 0.4) is 0 Å². The number of hydrogen-bond acceptors (Lipinski definition) is 6. The number of rotatable bonds is 5. The lowest BCUT2D eigenvalue weighted by molar-refractivity contribution is 0.0947. The Morgan fingerprint density at radius 3 is 2.52 bits per heavy atom. The Morgan fingerprint density at radius 2 is 1.90 bits per heavy atom. The van der Waals surface area contributed by atoms with Crippen molar-refractivity contribution in [2.45, 2.75) is 13.8 Å². The van der Waals surface area contributed by atoms with E-state index in [0.717, 1.165) is 21.5 Å². The van der Waals surface area contributed by atoms with Crippen LogP contribution < -0.4 is 15.9 Å². The van der Waals surface area contributed by atoms with Gasteiger partial charge in [-0.3, -0.25) is 9.59 Å². The third-order valence-corrected chi connectivity index (χ3v) is 4.70. The summed E-state index contributed by atoms with van der Waals surface area (Å²) in [6, 6.07) is 16.6. The lowest BCUT2D eigenvalue weighted by atomic mass is 10.1. The van der Waals surface area contributed by atoms with Crippen molar-refractivity contribution in [1.82, 2.24) is 15.2 Å². The topological polar surface area (TPSA) is 103 Å². The van der Waals surface area contributed by atoms with Crippen molar-refractivity contribution in [3.05, 3.63) is 86.8 Å². The Labute approximate surface area is 180 Å². The van der Waals surface area contributed by atoms with Crippen LogP contribution in [0.25, 0.3) is 5.69 Å². The lowest BCUT2D eigenvalue weighted by Crippen LogP contribution is -2.31. The van der Waals surface area contributed by atoms with E-state index in [4.69, 9.17) is 0 Å². The van der Waals surface area contributed by atoms with Gasteiger partial charge in [0.25, 0.3) is 11.5 Å². The van der Waals surface area contributed by atoms with E-state index in [9.17, 15) is 14.9 Å². The molecule has 1 aromatic heterocycles. The van der Waals surface area contributed by atoms with Crippen molar-refractivity contribution >= 4 is 17.8 Å². The molecular weight excluding hydrogens is 392 g/mol. The predicted molar refractivity (Wildman–Crippen MR) is 120 cm³/mol. The summed E-state index contributed by atoms with van der Waals surface area (Å²) < 4.78 is 1.07. The number of aryl methyl sites for hydroxylation is 1. The average molecular weight is 414 g/mol. The second-order valence-electron chi connectivity index (χ2n) is 7.20. The number of carbonyl (C=O) groups excluding carboxylic acids is 1. The molecule has 2 aromatic carbocycles. The molecule has 1 amide bonds. The molecule has 0 aliphatic carbocycles. The van der Waals surface area contributed by atoms with E-state index in [2.05, 4.69) is 15.6 Å². The lowest BCUT2D eigenvalue weighted by Gasteiger charge is -2.12. The summed E-state index contributed by atoms with van der Waals surface area (Å²) in [5.74, 6) is -0.614. The van der Waals surface area contributed by atoms with Gasteiger partial charge >= 0.3 is 0 Å². The van der Waals surface area contributed by atoms with Crippen LogP contribution in [0.15, 0.2) is 58.4 Å². The molecule has 3 rings (SSSR count). The van der Waals surface area contributed by atoms with Crippen molar-refractivity contribution in [3.63, 3.8) is 0 Å². The molecule has 0 fully saturated rings. The molecule has 156 valence electrons. The third-order valence-electron chi connectivity index (χ3n) is 4.70. The van der Waals surface area contributed by atoms with Gasteiger partial charge in [0.1, 0.15) is 11.6 Å². The number of aromatic nitrogens is 2. The van der Waals surface area contributed by atoms with Crippen molar-refractivity contribution in [3.8, 4) is 11.8 Å². The standard InChI is InChI=1S/C23H22N6O2/c1-15-6-5-7-19(12-15)29-23(31)20(13-24)16(2)21(27-29)22(30)26-25-14-17-8-10-18(11-9-17)28(3)4/h5-12,14H,1-4H3,(H,26,30)/b25-14+. The number of anilines is 1. The fourth-order valence-electron chi connectivity index (χ4n) is 2.96. The van der Waals surface area contributed by atoms with E-state index in [-0.39, 0.29) is 16.8 Å². The third kappa shape index (κ3) is 4.67. The number of benzene rings is 2. The van der Waals surface area contributed by atoms with E-state index < -0.39 is 11.5 Å². The Balaban J connectivity index is 1.91. The Bertz CT molecular complexity index is 1250. The molecule has 8 heteroatoms. The summed E-state index contributed by atoms with van der Waals surface area (Å²) in [4.78, 5) is 27.4. The Kier molecular flexibility index (Phi) is 6.26. The number of nitrogens with one attached hydrogen (secondary N) is 1. The molecule has 0 unspecified atom stereocenters. The van der Waals surface area contributed by atoms with Gasteiger partial charge in [-0.25, -0.2) is 5.43 Å². The average Bonchev–Trinajstić information content (AvgIpc) is 2.74. The fraction of sp³-hybridized carbons (Fsp3) is 0.174. The highest BCUT2D eigenvalue weighted by atomic mass is 16.2. The largest absolute Gasteiger partial charge is 0.378 e. The minimum atomic E-state index is -0.614. The van der Waals surface area contributed by atoms with Crippen LogP contribution in [0, 0.1) is 25.2 Å². The number of hydrogen-bond donors (Lipinski definition) is 1. The smallest absolute Gasteiger partial charge is 0.292 e. The van der Waals surface area contributed by atoms with Gasteiger partial charge in [-0.2, -0.15) is 20.1 Å². The van der Waals surface area contributed by atoms with Gasteiger partial charge < -0.3 is 4.90 Å². The molecule has 8 nitrogen and oxygen atoms in total. The number of carbonyl (C=O) groups is 1. The number of nitrogens with zero attached hydrogens (tertiary/aromatic N) is 5. The molecular formula is C23H22N6O2. The van der Waals surface area contributed by atoms with Gasteiger partial charge in [0, 0.05) is 25.3 Å². The first-order valence-corrected chi connectivity index (χ1v) is 9.53. The van der Waals surface area contributed by atoms with Crippen LogP contribution in [0.2, 0.25) is 0 Å². The van der Waals surface area contributed by atoms with Crippen LogP contribution in [-0.2, 0) is 0 Å². The summed E-state index contributed by atoms with van der Waals surface area (Å²) >= 11 is 0. The van der Waals surface area contributed by atoms with Crippen molar-refractivity contribution in [2.24, 2.45) is 5.10 Å². The zero-order valence-electron chi connectivity index (χ0n) is 17.7. The summed E-state index contributed by atoms with van der Waals surface area (Å²) in [5, 5.41) is 17.7. The van der Waals surface area contributed by atoms with Gasteiger partial charge in [0.15, 0.2) is 5.69 Å². The zero-order chi connectivity index (χ0) is 22.5. The van der Waals surface area contributed by atoms with Crippen LogP contribution in [-0.4, -0.2) is 36.0 Å². The molecule has 3 aromatic rings. The van der Waals surface area contributed by atoms with Gasteiger partial charge in [-0.05, 0) is 49.2 Å². The monoisotopic (exact) mass is 414 g/mol. The maximum atomic E-state index is 12.7. The van der Waals surface area contributed by atoms with Gasteiger partial charge in [-0.1, -0.05) is 24.3 Å². The van der Waals surface area contributed by atoms with Crippen molar-refractivity contribution < 1.29 is 4.79 Å². The van der Waals surface area contributed by atoms with E-state index in [1.54, 1.807) is 18.2 Å². The fourth-order valence-corrected chi connectivity index (χ4v) is 2.96.